The molecule has 3 heteroatoms. The number of hydrogen-bond donors (Lipinski definition) is 1. The molecule has 0 spiro atoms. The molecule has 1 unspecified atom stereocenters. The van der Waals surface area contributed by atoms with Gasteiger partial charge in [0.1, 0.15) is 0 Å². The Morgan fingerprint density at radius 1 is 1.22 bits per heavy atom. The molecule has 1 atom stereocenters. The van der Waals surface area contributed by atoms with Crippen LogP contribution in [-0.4, -0.2) is 15.7 Å². The molecule has 1 N–H and O–H groups in total. The number of hydrogen-bond acceptors (Lipinski definition) is 3. The first kappa shape index (κ1) is 13.2. The first-order chi connectivity index (χ1) is 8.61. The average Bonchev–Trinajstić information content (AvgIpc) is 2.75. The van der Waals surface area contributed by atoms with Crippen LogP contribution in [0.15, 0.2) is 35.7 Å². The second-order valence-corrected chi connectivity index (χ2v) is 5.74. The molecule has 96 valence electrons. The molecule has 0 fully saturated rings. The van der Waals surface area contributed by atoms with Crippen LogP contribution in [0.1, 0.15) is 29.6 Å². The molecule has 18 heavy (non-hydrogen) atoms. The van der Waals surface area contributed by atoms with Gasteiger partial charge in [-0.1, -0.05) is 37.3 Å². The zero-order chi connectivity index (χ0) is 13.0. The molecule has 0 saturated heterocycles. The Morgan fingerprint density at radius 2 is 1.94 bits per heavy atom. The van der Waals surface area contributed by atoms with Crippen molar-refractivity contribution in [3.63, 3.8) is 0 Å². The number of benzene rings is 1. The van der Waals surface area contributed by atoms with Crippen molar-refractivity contribution in [2.75, 3.05) is 0 Å². The van der Waals surface area contributed by atoms with Gasteiger partial charge in [-0.25, -0.2) is 4.98 Å². The lowest BCUT2D eigenvalue weighted by atomic mass is 9.89. The highest BCUT2D eigenvalue weighted by atomic mass is 32.1. The molecule has 1 heterocycles. The van der Waals surface area contributed by atoms with Gasteiger partial charge in [0.15, 0.2) is 0 Å². The Kier molecular flexibility index (Phi) is 4.15. The minimum atomic E-state index is -0.689. The minimum absolute atomic E-state index is 0.636. The number of aryl methyl sites for hydroxylation is 1. The van der Waals surface area contributed by atoms with Crippen LogP contribution in [0, 0.1) is 6.92 Å². The van der Waals surface area contributed by atoms with E-state index in [4.69, 9.17) is 0 Å². The van der Waals surface area contributed by atoms with Crippen molar-refractivity contribution in [3.8, 4) is 0 Å². The summed E-state index contributed by atoms with van der Waals surface area (Å²) in [6, 6.07) is 10.2. The van der Waals surface area contributed by atoms with Crippen LogP contribution < -0.4 is 0 Å². The lowest BCUT2D eigenvalue weighted by Crippen LogP contribution is -2.33. The largest absolute Gasteiger partial charge is 0.389 e. The molecule has 2 aromatic rings. The van der Waals surface area contributed by atoms with Gasteiger partial charge in [0.05, 0.1) is 10.6 Å². The molecule has 1 aromatic heterocycles. The molecule has 2 rings (SSSR count). The first-order valence-corrected chi connectivity index (χ1v) is 7.16. The van der Waals surface area contributed by atoms with Gasteiger partial charge in [-0.3, -0.25) is 0 Å². The predicted molar refractivity (Wildman–Crippen MR) is 75.9 cm³/mol. The summed E-state index contributed by atoms with van der Waals surface area (Å²) in [5.41, 5.74) is 1.52. The Labute approximate surface area is 112 Å². The van der Waals surface area contributed by atoms with Crippen molar-refractivity contribution >= 4 is 11.3 Å². The van der Waals surface area contributed by atoms with E-state index >= 15 is 0 Å². The van der Waals surface area contributed by atoms with Gasteiger partial charge in [0.25, 0.3) is 0 Å². The summed E-state index contributed by atoms with van der Waals surface area (Å²) in [5, 5.41) is 13.8. The van der Waals surface area contributed by atoms with Crippen LogP contribution in [-0.2, 0) is 12.8 Å². The molecule has 0 amide bonds. The number of aliphatic hydroxyl groups is 1. The number of rotatable bonds is 5. The molecule has 0 aliphatic rings. The van der Waals surface area contributed by atoms with E-state index in [9.17, 15) is 5.11 Å². The highest BCUT2D eigenvalue weighted by Crippen LogP contribution is 2.24. The Bertz CT molecular complexity index is 494. The molecular weight excluding hydrogens is 242 g/mol. The fraction of sp³-hybridized carbons (Fsp3) is 0.400. The van der Waals surface area contributed by atoms with E-state index in [0.717, 1.165) is 17.1 Å². The lowest BCUT2D eigenvalue weighted by molar-refractivity contribution is 0.0368. The fourth-order valence-electron chi connectivity index (χ4n) is 2.05. The van der Waals surface area contributed by atoms with E-state index < -0.39 is 5.60 Å². The maximum absolute atomic E-state index is 10.7. The summed E-state index contributed by atoms with van der Waals surface area (Å²) in [5.74, 6) is 0. The van der Waals surface area contributed by atoms with Crippen LogP contribution in [0.3, 0.4) is 0 Å². The number of aromatic nitrogens is 1. The summed E-state index contributed by atoms with van der Waals surface area (Å²) < 4.78 is 0. The second-order valence-electron chi connectivity index (χ2n) is 4.80. The fourth-order valence-corrected chi connectivity index (χ4v) is 2.96. The number of thiazole rings is 1. The maximum Gasteiger partial charge on any atom is 0.0956 e. The predicted octanol–water partition coefficient (Wildman–Crippen LogP) is 3.38. The topological polar surface area (TPSA) is 33.1 Å². The average molecular weight is 261 g/mol. The van der Waals surface area contributed by atoms with Gasteiger partial charge >= 0.3 is 0 Å². The standard InChI is InChI=1S/C15H19NOS/c1-3-15(17,9-13-7-5-4-6-8-13)10-14-16-12(2)11-18-14/h4-8,11,17H,3,9-10H2,1-2H3. The van der Waals surface area contributed by atoms with Gasteiger partial charge in [-0.2, -0.15) is 0 Å². The Morgan fingerprint density at radius 3 is 2.50 bits per heavy atom. The molecule has 2 nitrogen and oxygen atoms in total. The zero-order valence-corrected chi connectivity index (χ0v) is 11.7. The van der Waals surface area contributed by atoms with Crippen molar-refractivity contribution < 1.29 is 5.11 Å². The van der Waals surface area contributed by atoms with E-state index in [1.807, 2.05) is 37.4 Å². The monoisotopic (exact) mass is 261 g/mol. The molecule has 0 radical (unpaired) electrons. The molecule has 1 aromatic carbocycles. The van der Waals surface area contributed by atoms with Crippen molar-refractivity contribution in [1.82, 2.24) is 4.98 Å². The van der Waals surface area contributed by atoms with E-state index in [1.165, 1.54) is 5.56 Å². The van der Waals surface area contributed by atoms with E-state index in [2.05, 4.69) is 17.1 Å². The summed E-state index contributed by atoms with van der Waals surface area (Å²) in [6.07, 6.45) is 2.06. The van der Waals surface area contributed by atoms with Crippen molar-refractivity contribution in [3.05, 3.63) is 52.0 Å². The van der Waals surface area contributed by atoms with Gasteiger partial charge in [0, 0.05) is 23.9 Å². The highest BCUT2D eigenvalue weighted by molar-refractivity contribution is 7.09. The SMILES string of the molecule is CCC(O)(Cc1ccccc1)Cc1nc(C)cs1. The molecule has 0 aliphatic heterocycles. The van der Waals surface area contributed by atoms with Crippen molar-refractivity contribution in [2.24, 2.45) is 0 Å². The quantitative estimate of drug-likeness (QED) is 0.895. The van der Waals surface area contributed by atoms with Crippen LogP contribution >= 0.6 is 11.3 Å². The van der Waals surface area contributed by atoms with Gasteiger partial charge < -0.3 is 5.11 Å². The smallest absolute Gasteiger partial charge is 0.0956 e. The van der Waals surface area contributed by atoms with Crippen LogP contribution in [0.2, 0.25) is 0 Å². The summed E-state index contributed by atoms with van der Waals surface area (Å²) in [6.45, 7) is 4.02. The van der Waals surface area contributed by atoms with Crippen molar-refractivity contribution in [2.45, 2.75) is 38.7 Å². The molecule has 0 aliphatic carbocycles. The second kappa shape index (κ2) is 5.63. The number of nitrogens with zero attached hydrogens (tertiary/aromatic N) is 1. The Balaban J connectivity index is 2.10. The normalized spacial score (nSPS) is 14.4. The zero-order valence-electron chi connectivity index (χ0n) is 10.9. The van der Waals surface area contributed by atoms with Crippen LogP contribution in [0.25, 0.3) is 0 Å². The van der Waals surface area contributed by atoms with Crippen molar-refractivity contribution in [1.29, 1.82) is 0 Å². The third-order valence-corrected chi connectivity index (χ3v) is 4.15. The lowest BCUT2D eigenvalue weighted by Gasteiger charge is -2.26. The van der Waals surface area contributed by atoms with Crippen LogP contribution in [0.5, 0.6) is 0 Å². The Hall–Kier alpha value is -1.19. The highest BCUT2D eigenvalue weighted by Gasteiger charge is 2.26. The van der Waals surface area contributed by atoms with E-state index in [-0.39, 0.29) is 0 Å². The molecular formula is C15H19NOS. The minimum Gasteiger partial charge on any atom is -0.389 e. The van der Waals surface area contributed by atoms with Crippen LogP contribution in [0.4, 0.5) is 0 Å². The van der Waals surface area contributed by atoms with Gasteiger partial charge in [0.2, 0.25) is 0 Å². The summed E-state index contributed by atoms with van der Waals surface area (Å²) in [7, 11) is 0. The molecule has 0 saturated carbocycles. The van der Waals surface area contributed by atoms with E-state index in [0.29, 0.717) is 12.8 Å². The third-order valence-electron chi connectivity index (χ3n) is 3.18. The summed E-state index contributed by atoms with van der Waals surface area (Å²) >= 11 is 1.63. The summed E-state index contributed by atoms with van der Waals surface area (Å²) in [4.78, 5) is 4.44. The van der Waals surface area contributed by atoms with E-state index in [1.54, 1.807) is 11.3 Å². The maximum atomic E-state index is 10.7. The molecule has 0 bridgehead atoms. The first-order valence-electron chi connectivity index (χ1n) is 6.28. The third kappa shape index (κ3) is 3.40. The van der Waals surface area contributed by atoms with Gasteiger partial charge in [-0.15, -0.1) is 11.3 Å². The van der Waals surface area contributed by atoms with Gasteiger partial charge in [-0.05, 0) is 18.9 Å².